The van der Waals surface area contributed by atoms with Gasteiger partial charge in [0.05, 0.1) is 18.1 Å². The number of hydrogen-bond donors (Lipinski definition) is 2. The van der Waals surface area contributed by atoms with Crippen LogP contribution in [0.3, 0.4) is 0 Å². The highest BCUT2D eigenvalue weighted by Gasteiger charge is 2.28. The minimum absolute atomic E-state index is 0. The maximum atomic E-state index is 12.8. The summed E-state index contributed by atoms with van der Waals surface area (Å²) in [5.41, 5.74) is 0. The lowest BCUT2D eigenvalue weighted by atomic mass is 10.3. The summed E-state index contributed by atoms with van der Waals surface area (Å²) in [6.07, 6.45) is 1.32. The first kappa shape index (κ1) is 21.9. The third kappa shape index (κ3) is 8.21. The van der Waals surface area contributed by atoms with E-state index in [1.54, 1.807) is 12.1 Å². The number of nitrogens with one attached hydrogen (secondary N) is 2. The first-order chi connectivity index (χ1) is 11.5. The molecule has 0 aliphatic carbocycles. The lowest BCUT2D eigenvalue weighted by Crippen LogP contribution is -2.44. The Morgan fingerprint density at radius 1 is 1.36 bits per heavy atom. The van der Waals surface area contributed by atoms with E-state index in [2.05, 4.69) is 15.6 Å². The number of rotatable bonds is 7. The molecule has 1 aliphatic rings. The van der Waals surface area contributed by atoms with Crippen molar-refractivity contribution in [1.29, 1.82) is 0 Å². The molecular weight excluding hydrogens is 460 g/mol. The van der Waals surface area contributed by atoms with Gasteiger partial charge in [0, 0.05) is 25.6 Å². The fourth-order valence-corrected chi connectivity index (χ4v) is 4.07. The van der Waals surface area contributed by atoms with Crippen molar-refractivity contribution in [3.63, 3.8) is 0 Å². The maximum absolute atomic E-state index is 12.8. The number of guanidine groups is 1. The summed E-state index contributed by atoms with van der Waals surface area (Å²) >= 11 is 0. The van der Waals surface area contributed by atoms with Crippen molar-refractivity contribution in [2.75, 3.05) is 31.2 Å². The van der Waals surface area contributed by atoms with Gasteiger partial charge in [0.2, 0.25) is 0 Å². The van der Waals surface area contributed by atoms with Crippen LogP contribution in [0.2, 0.25) is 0 Å². The van der Waals surface area contributed by atoms with Gasteiger partial charge in [0.15, 0.2) is 15.8 Å². The predicted octanol–water partition coefficient (Wildman–Crippen LogP) is 1.95. The maximum Gasteiger partial charge on any atom is 0.191 e. The summed E-state index contributed by atoms with van der Waals surface area (Å²) in [6.45, 7) is 3.69. The van der Waals surface area contributed by atoms with Crippen LogP contribution in [0.5, 0.6) is 5.75 Å². The zero-order valence-corrected chi connectivity index (χ0v) is 17.3. The minimum Gasteiger partial charge on any atom is -0.494 e. The van der Waals surface area contributed by atoms with E-state index in [0.29, 0.717) is 44.2 Å². The summed E-state index contributed by atoms with van der Waals surface area (Å²) in [6, 6.07) is 5.81. The molecule has 0 amide bonds. The molecule has 1 unspecified atom stereocenters. The van der Waals surface area contributed by atoms with Crippen LogP contribution in [-0.2, 0) is 9.84 Å². The fourth-order valence-electron chi connectivity index (χ4n) is 2.40. The molecule has 25 heavy (non-hydrogen) atoms. The second-order valence-corrected chi connectivity index (χ2v) is 7.89. The van der Waals surface area contributed by atoms with E-state index in [9.17, 15) is 12.8 Å². The molecule has 0 aromatic heterocycles. The highest BCUT2D eigenvalue weighted by Crippen LogP contribution is 2.12. The highest BCUT2D eigenvalue weighted by molar-refractivity contribution is 14.0. The summed E-state index contributed by atoms with van der Waals surface area (Å²) in [5, 5.41) is 6.28. The van der Waals surface area contributed by atoms with E-state index in [0.717, 1.165) is 0 Å². The lowest BCUT2D eigenvalue weighted by molar-refractivity contribution is 0.313. The SMILES string of the molecule is CCNC(=NCCCOc1ccc(F)cc1)NC1CCS(=O)(=O)C1.I. The topological polar surface area (TPSA) is 79.8 Å². The smallest absolute Gasteiger partial charge is 0.191 e. The number of nitrogens with zero attached hydrogens (tertiary/aromatic N) is 1. The zero-order chi connectivity index (χ0) is 17.4. The van der Waals surface area contributed by atoms with E-state index < -0.39 is 9.84 Å². The van der Waals surface area contributed by atoms with Crippen LogP contribution in [0.25, 0.3) is 0 Å². The Bertz CT molecular complexity index is 653. The molecule has 0 spiro atoms. The molecule has 9 heteroatoms. The Morgan fingerprint density at radius 3 is 2.68 bits per heavy atom. The molecule has 1 aromatic rings. The molecule has 0 bridgehead atoms. The van der Waals surface area contributed by atoms with Gasteiger partial charge >= 0.3 is 0 Å². The van der Waals surface area contributed by atoms with Gasteiger partial charge in [-0.2, -0.15) is 0 Å². The van der Waals surface area contributed by atoms with Gasteiger partial charge in [0.25, 0.3) is 0 Å². The lowest BCUT2D eigenvalue weighted by Gasteiger charge is -2.15. The molecule has 142 valence electrons. The van der Waals surface area contributed by atoms with Gasteiger partial charge in [-0.25, -0.2) is 12.8 Å². The van der Waals surface area contributed by atoms with Crippen LogP contribution in [0.4, 0.5) is 4.39 Å². The van der Waals surface area contributed by atoms with Crippen molar-refractivity contribution < 1.29 is 17.5 Å². The Labute approximate surface area is 165 Å². The van der Waals surface area contributed by atoms with Crippen LogP contribution in [0, 0.1) is 5.82 Å². The number of sulfone groups is 1. The fraction of sp³-hybridized carbons (Fsp3) is 0.562. The number of ether oxygens (including phenoxy) is 1. The third-order valence-corrected chi connectivity index (χ3v) is 5.34. The van der Waals surface area contributed by atoms with Crippen molar-refractivity contribution in [2.24, 2.45) is 4.99 Å². The predicted molar refractivity (Wildman–Crippen MR) is 108 cm³/mol. The van der Waals surface area contributed by atoms with Gasteiger partial charge in [-0.3, -0.25) is 4.99 Å². The quantitative estimate of drug-likeness (QED) is 0.267. The van der Waals surface area contributed by atoms with Gasteiger partial charge < -0.3 is 15.4 Å². The highest BCUT2D eigenvalue weighted by atomic mass is 127. The van der Waals surface area contributed by atoms with E-state index in [1.165, 1.54) is 12.1 Å². The summed E-state index contributed by atoms with van der Waals surface area (Å²) < 4.78 is 41.3. The summed E-state index contributed by atoms with van der Waals surface area (Å²) in [7, 11) is -2.91. The van der Waals surface area contributed by atoms with Crippen molar-refractivity contribution in [2.45, 2.75) is 25.8 Å². The molecule has 1 fully saturated rings. The van der Waals surface area contributed by atoms with Crippen molar-refractivity contribution in [3.05, 3.63) is 30.1 Å². The third-order valence-electron chi connectivity index (χ3n) is 3.57. The van der Waals surface area contributed by atoms with Gasteiger partial charge in [-0.05, 0) is 37.6 Å². The average Bonchev–Trinajstić information content (AvgIpc) is 2.88. The second kappa shape index (κ2) is 10.8. The van der Waals surface area contributed by atoms with Crippen LogP contribution in [-0.4, -0.2) is 51.6 Å². The molecule has 1 saturated heterocycles. The largest absolute Gasteiger partial charge is 0.494 e. The van der Waals surface area contributed by atoms with Crippen LogP contribution in [0.1, 0.15) is 19.8 Å². The van der Waals surface area contributed by atoms with E-state index in [1.807, 2.05) is 6.92 Å². The first-order valence-electron chi connectivity index (χ1n) is 8.12. The van der Waals surface area contributed by atoms with E-state index in [-0.39, 0.29) is 47.3 Å². The summed E-state index contributed by atoms with van der Waals surface area (Å²) in [5.74, 6) is 1.35. The summed E-state index contributed by atoms with van der Waals surface area (Å²) in [4.78, 5) is 4.43. The van der Waals surface area contributed by atoms with Crippen LogP contribution in [0.15, 0.2) is 29.3 Å². The van der Waals surface area contributed by atoms with Crippen LogP contribution >= 0.6 is 24.0 Å². The van der Waals surface area contributed by atoms with Crippen molar-refractivity contribution in [3.8, 4) is 5.75 Å². The van der Waals surface area contributed by atoms with Crippen molar-refractivity contribution >= 4 is 39.8 Å². The second-order valence-electron chi connectivity index (χ2n) is 5.66. The standard InChI is InChI=1S/C16H24FN3O3S.HI/c1-2-18-16(20-14-8-11-24(21,22)12-14)19-9-3-10-23-15-6-4-13(17)5-7-15;/h4-7,14H,2-3,8-12H2,1H3,(H2,18,19,20);1H. The molecule has 0 radical (unpaired) electrons. The Balaban J connectivity index is 0.00000312. The van der Waals surface area contributed by atoms with E-state index >= 15 is 0 Å². The molecular formula is C16H25FIN3O3S. The number of halogens is 2. The normalized spacial score (nSPS) is 19.1. The number of hydrogen-bond acceptors (Lipinski definition) is 4. The molecule has 6 nitrogen and oxygen atoms in total. The molecule has 0 saturated carbocycles. The minimum atomic E-state index is -2.91. The Kier molecular flexibility index (Phi) is 9.47. The monoisotopic (exact) mass is 485 g/mol. The Morgan fingerprint density at radius 2 is 2.08 bits per heavy atom. The van der Waals surface area contributed by atoms with E-state index in [4.69, 9.17) is 4.74 Å². The van der Waals surface area contributed by atoms with Gasteiger partial charge in [-0.1, -0.05) is 0 Å². The Hall–Kier alpha value is -1.10. The molecule has 1 atom stereocenters. The van der Waals surface area contributed by atoms with Gasteiger partial charge in [-0.15, -0.1) is 24.0 Å². The number of aliphatic imine (C=N–C) groups is 1. The molecule has 1 aliphatic heterocycles. The van der Waals surface area contributed by atoms with Gasteiger partial charge in [0.1, 0.15) is 11.6 Å². The molecule has 2 rings (SSSR count). The first-order valence-corrected chi connectivity index (χ1v) is 9.94. The zero-order valence-electron chi connectivity index (χ0n) is 14.2. The molecule has 1 aromatic carbocycles. The van der Waals surface area contributed by atoms with Crippen molar-refractivity contribution in [1.82, 2.24) is 10.6 Å². The molecule has 1 heterocycles. The molecule has 2 N–H and O–H groups in total. The average molecular weight is 485 g/mol. The van der Waals surface area contributed by atoms with Crippen LogP contribution < -0.4 is 15.4 Å². The number of benzene rings is 1.